The molecule has 6 heteroatoms. The Hall–Kier alpha value is -2.89. The molecule has 0 fully saturated rings. The van der Waals surface area contributed by atoms with E-state index in [0.29, 0.717) is 29.5 Å². The number of ketones is 1. The Morgan fingerprint density at radius 1 is 1.19 bits per heavy atom. The molecule has 0 aliphatic carbocycles. The van der Waals surface area contributed by atoms with Gasteiger partial charge in [0, 0.05) is 28.8 Å². The van der Waals surface area contributed by atoms with E-state index in [1.807, 2.05) is 31.2 Å². The van der Waals surface area contributed by atoms with Crippen molar-refractivity contribution in [2.24, 2.45) is 0 Å². The molecular formula is C20H21N3O3. The molecule has 0 saturated carbocycles. The molecule has 1 aliphatic rings. The van der Waals surface area contributed by atoms with Crippen molar-refractivity contribution in [1.29, 1.82) is 0 Å². The Morgan fingerprint density at radius 3 is 2.69 bits per heavy atom. The van der Waals surface area contributed by atoms with E-state index in [0.717, 1.165) is 29.9 Å². The molecule has 3 aromatic rings. The zero-order valence-electron chi connectivity index (χ0n) is 15.1. The van der Waals surface area contributed by atoms with Gasteiger partial charge < -0.3 is 14.3 Å². The first-order valence-electron chi connectivity index (χ1n) is 8.90. The lowest BCUT2D eigenvalue weighted by Gasteiger charge is -2.38. The van der Waals surface area contributed by atoms with Gasteiger partial charge >= 0.3 is 0 Å². The van der Waals surface area contributed by atoms with Gasteiger partial charge in [-0.25, -0.2) is 0 Å². The van der Waals surface area contributed by atoms with Crippen LogP contribution in [-0.4, -0.2) is 21.5 Å². The number of aromatic nitrogens is 2. The van der Waals surface area contributed by atoms with Crippen LogP contribution in [0.5, 0.6) is 0 Å². The van der Waals surface area contributed by atoms with Crippen LogP contribution in [0.4, 0.5) is 5.69 Å². The van der Waals surface area contributed by atoms with Crippen LogP contribution in [0.1, 0.15) is 49.2 Å². The number of hydrogen-bond acceptors (Lipinski definition) is 6. The number of nitrogens with one attached hydrogen (secondary N) is 1. The van der Waals surface area contributed by atoms with Gasteiger partial charge in [-0.15, -0.1) is 0 Å². The highest BCUT2D eigenvalue weighted by Crippen LogP contribution is 2.37. The van der Waals surface area contributed by atoms with E-state index in [4.69, 9.17) is 8.94 Å². The fourth-order valence-electron chi connectivity index (χ4n) is 3.42. The lowest BCUT2D eigenvalue weighted by atomic mass is 9.81. The van der Waals surface area contributed by atoms with E-state index in [1.165, 1.54) is 0 Å². The molecule has 0 atom stereocenters. The summed E-state index contributed by atoms with van der Waals surface area (Å²) in [6.45, 7) is 6.08. The smallest absolute Gasteiger partial charge is 0.258 e. The van der Waals surface area contributed by atoms with Gasteiger partial charge in [0.25, 0.3) is 5.89 Å². The monoisotopic (exact) mass is 351 g/mol. The molecular weight excluding hydrogens is 330 g/mol. The van der Waals surface area contributed by atoms with Crippen LogP contribution in [0, 0.1) is 6.92 Å². The van der Waals surface area contributed by atoms with Gasteiger partial charge in [0.05, 0.1) is 0 Å². The number of fused-ring (bicyclic) bond motifs is 1. The number of anilines is 1. The summed E-state index contributed by atoms with van der Waals surface area (Å²) >= 11 is 0. The summed E-state index contributed by atoms with van der Waals surface area (Å²) in [5, 5.41) is 7.53. The Morgan fingerprint density at radius 2 is 2.00 bits per heavy atom. The zero-order valence-corrected chi connectivity index (χ0v) is 15.1. The van der Waals surface area contributed by atoms with Crippen LogP contribution in [0.25, 0.3) is 23.0 Å². The maximum Gasteiger partial charge on any atom is 0.258 e. The number of furan rings is 1. The number of carbonyl (C=O) groups excluding carboxylic acids is 1. The van der Waals surface area contributed by atoms with Crippen molar-refractivity contribution in [1.82, 2.24) is 10.1 Å². The van der Waals surface area contributed by atoms with Gasteiger partial charge in [-0.1, -0.05) is 19.0 Å². The summed E-state index contributed by atoms with van der Waals surface area (Å²) in [6.07, 6.45) is 2.31. The van der Waals surface area contributed by atoms with Crippen molar-refractivity contribution >= 4 is 11.5 Å². The number of carbonyl (C=O) groups is 1. The molecule has 6 nitrogen and oxygen atoms in total. The first-order chi connectivity index (χ1) is 12.5. The van der Waals surface area contributed by atoms with Gasteiger partial charge in [-0.05, 0) is 50.1 Å². The Balaban J connectivity index is 1.67. The number of aryl methyl sites for hydroxylation is 1. The molecule has 0 amide bonds. The highest BCUT2D eigenvalue weighted by molar-refractivity contribution is 6.05. The summed E-state index contributed by atoms with van der Waals surface area (Å²) in [7, 11) is 0. The second-order valence-electron chi connectivity index (χ2n) is 6.81. The molecule has 1 N–H and O–H groups in total. The largest absolute Gasteiger partial charge is 0.458 e. The summed E-state index contributed by atoms with van der Waals surface area (Å²) in [5.74, 6) is 2.25. The summed E-state index contributed by atoms with van der Waals surface area (Å²) < 4.78 is 10.9. The van der Waals surface area contributed by atoms with E-state index < -0.39 is 0 Å². The Kier molecular flexibility index (Phi) is 3.90. The number of nitrogens with zero attached hydrogens (tertiary/aromatic N) is 2. The highest BCUT2D eigenvalue weighted by atomic mass is 16.5. The molecule has 0 unspecified atom stereocenters. The van der Waals surface area contributed by atoms with Crippen LogP contribution >= 0.6 is 0 Å². The predicted molar refractivity (Wildman–Crippen MR) is 98.1 cm³/mol. The summed E-state index contributed by atoms with van der Waals surface area (Å²) in [4.78, 5) is 17.1. The number of Topliss-reactive ketones (excluding diaryl/α,β-unsaturated/α-hetero) is 1. The minimum absolute atomic E-state index is 0.144. The van der Waals surface area contributed by atoms with Gasteiger partial charge in [-0.3, -0.25) is 4.79 Å². The van der Waals surface area contributed by atoms with Crippen molar-refractivity contribution < 1.29 is 13.7 Å². The normalized spacial score (nSPS) is 15.6. The van der Waals surface area contributed by atoms with Crippen LogP contribution in [0.3, 0.4) is 0 Å². The van der Waals surface area contributed by atoms with Crippen molar-refractivity contribution in [2.45, 2.75) is 45.6 Å². The van der Waals surface area contributed by atoms with E-state index in [1.54, 1.807) is 6.07 Å². The van der Waals surface area contributed by atoms with Crippen molar-refractivity contribution in [3.05, 3.63) is 41.7 Å². The molecule has 1 aliphatic heterocycles. The fourth-order valence-corrected chi connectivity index (χ4v) is 3.42. The van der Waals surface area contributed by atoms with E-state index >= 15 is 0 Å². The molecule has 1 aromatic carbocycles. The molecule has 0 radical (unpaired) electrons. The summed E-state index contributed by atoms with van der Waals surface area (Å²) in [6, 6.07) is 9.29. The van der Waals surface area contributed by atoms with Crippen LogP contribution in [0.15, 0.2) is 39.3 Å². The average Bonchev–Trinajstić information content (AvgIpc) is 3.30. The average molecular weight is 351 g/mol. The maximum absolute atomic E-state index is 12.7. The molecule has 2 aromatic heterocycles. The minimum Gasteiger partial charge on any atom is -0.458 e. The zero-order chi connectivity index (χ0) is 18.3. The molecule has 0 spiro atoms. The third-order valence-electron chi connectivity index (χ3n) is 5.21. The molecule has 3 heterocycles. The van der Waals surface area contributed by atoms with E-state index in [-0.39, 0.29) is 11.3 Å². The quantitative estimate of drug-likeness (QED) is 0.723. The van der Waals surface area contributed by atoms with Crippen LogP contribution in [-0.2, 0) is 0 Å². The van der Waals surface area contributed by atoms with E-state index in [9.17, 15) is 4.79 Å². The van der Waals surface area contributed by atoms with Crippen LogP contribution in [0.2, 0.25) is 0 Å². The Bertz CT molecular complexity index is 966. The van der Waals surface area contributed by atoms with Crippen molar-refractivity contribution in [3.8, 4) is 23.0 Å². The van der Waals surface area contributed by atoms with E-state index in [2.05, 4.69) is 29.3 Å². The van der Waals surface area contributed by atoms with Crippen molar-refractivity contribution in [2.75, 3.05) is 5.32 Å². The molecule has 0 bridgehead atoms. The number of rotatable bonds is 4. The Labute approximate surface area is 151 Å². The molecule has 0 saturated heterocycles. The molecule has 4 rings (SSSR count). The lowest BCUT2D eigenvalue weighted by Crippen LogP contribution is -2.43. The maximum atomic E-state index is 12.7. The molecule has 26 heavy (non-hydrogen) atoms. The minimum atomic E-state index is -0.152. The van der Waals surface area contributed by atoms with Gasteiger partial charge in [0.15, 0.2) is 11.5 Å². The second kappa shape index (κ2) is 6.12. The SMILES string of the molecule is CCC1(CC)CC(=O)c2cc(-c3nc(-c4ccc(C)o4)no3)ccc2N1. The van der Waals surface area contributed by atoms with Gasteiger partial charge in [0.2, 0.25) is 5.82 Å². The van der Waals surface area contributed by atoms with Crippen LogP contribution < -0.4 is 5.32 Å². The second-order valence-corrected chi connectivity index (χ2v) is 6.81. The van der Waals surface area contributed by atoms with Gasteiger partial charge in [0.1, 0.15) is 5.76 Å². The topological polar surface area (TPSA) is 81.2 Å². The van der Waals surface area contributed by atoms with Gasteiger partial charge in [-0.2, -0.15) is 4.98 Å². The first-order valence-corrected chi connectivity index (χ1v) is 8.90. The fraction of sp³-hybridized carbons (Fsp3) is 0.350. The number of benzene rings is 1. The third kappa shape index (κ3) is 2.71. The third-order valence-corrected chi connectivity index (χ3v) is 5.21. The lowest BCUT2D eigenvalue weighted by molar-refractivity contribution is 0.0946. The predicted octanol–water partition coefficient (Wildman–Crippen LogP) is 4.86. The highest BCUT2D eigenvalue weighted by Gasteiger charge is 2.35. The standard InChI is InChI=1S/C20H21N3O3/c1-4-20(5-2)11-16(24)14-10-13(7-8-15(14)22-20)19-21-18(23-26-19)17-9-6-12(3)25-17/h6-10,22H,4-5,11H2,1-3H3. The van der Waals surface area contributed by atoms with Crippen molar-refractivity contribution in [3.63, 3.8) is 0 Å². The molecule has 134 valence electrons. The number of hydrogen-bond donors (Lipinski definition) is 1. The first kappa shape index (κ1) is 16.6. The summed E-state index contributed by atoms with van der Waals surface area (Å²) in [5.41, 5.74) is 2.12.